The minimum Gasteiger partial charge on any atom is -0.505 e. The molecule has 1 aromatic carbocycles. The molecule has 0 spiro atoms. The van der Waals surface area contributed by atoms with Crippen molar-refractivity contribution >= 4 is 29.2 Å². The third kappa shape index (κ3) is 2.79. The maximum Gasteiger partial charge on any atom is 0.335 e. The van der Waals surface area contributed by atoms with E-state index in [1.54, 1.807) is 6.92 Å². The van der Waals surface area contributed by atoms with Gasteiger partial charge in [0.1, 0.15) is 5.75 Å². The Bertz CT molecular complexity index is 1050. The van der Waals surface area contributed by atoms with Gasteiger partial charge in [-0.2, -0.15) is 5.10 Å². The van der Waals surface area contributed by atoms with Gasteiger partial charge >= 0.3 is 11.9 Å². The van der Waals surface area contributed by atoms with Crippen molar-refractivity contribution in [1.29, 1.82) is 0 Å². The van der Waals surface area contributed by atoms with Crippen LogP contribution in [-0.4, -0.2) is 48.2 Å². The van der Waals surface area contributed by atoms with Crippen LogP contribution in [0.4, 0.5) is 0 Å². The Balaban J connectivity index is 2.28. The molecule has 0 bridgehead atoms. The van der Waals surface area contributed by atoms with E-state index in [-0.39, 0.29) is 28.2 Å². The number of hydrogen-bond donors (Lipinski definition) is 4. The maximum absolute atomic E-state index is 11.3. The monoisotopic (exact) mass is 355 g/mol. The van der Waals surface area contributed by atoms with Gasteiger partial charge in [0.05, 0.1) is 39.7 Å². The zero-order valence-corrected chi connectivity index (χ0v) is 13.4. The largest absolute Gasteiger partial charge is 0.505 e. The van der Waals surface area contributed by atoms with Gasteiger partial charge in [-0.3, -0.25) is 0 Å². The van der Waals surface area contributed by atoms with Crippen LogP contribution in [0.2, 0.25) is 0 Å². The van der Waals surface area contributed by atoms with E-state index in [1.807, 2.05) is 0 Å². The molecule has 0 radical (unpaired) electrons. The number of fused-ring (bicyclic) bond motifs is 1. The normalized spacial score (nSPS) is 11.3. The van der Waals surface area contributed by atoms with Crippen LogP contribution >= 0.6 is 0 Å². The van der Waals surface area contributed by atoms with Crippen molar-refractivity contribution in [3.8, 4) is 11.4 Å². The summed E-state index contributed by atoms with van der Waals surface area (Å²) in [5, 5.41) is 36.6. The van der Waals surface area contributed by atoms with Gasteiger partial charge in [-0.05, 0) is 25.1 Å². The van der Waals surface area contributed by atoms with Crippen LogP contribution in [0, 0.1) is 6.92 Å². The lowest BCUT2D eigenvalue weighted by Gasteiger charge is -2.05. The summed E-state index contributed by atoms with van der Waals surface area (Å²) in [6, 6.07) is 3.62. The predicted octanol–water partition coefficient (Wildman–Crippen LogP) is 1.12. The van der Waals surface area contributed by atoms with E-state index >= 15 is 0 Å². The Kier molecular flexibility index (Phi) is 4.01. The molecule has 0 unspecified atom stereocenters. The van der Waals surface area contributed by atoms with Crippen molar-refractivity contribution in [2.45, 2.75) is 6.92 Å². The molecule has 0 aliphatic heterocycles. The highest BCUT2D eigenvalue weighted by atomic mass is 16.4. The zero-order valence-electron chi connectivity index (χ0n) is 13.4. The lowest BCUT2D eigenvalue weighted by molar-refractivity contribution is 0.0696. The van der Waals surface area contributed by atoms with Crippen LogP contribution in [-0.2, 0) is 0 Å². The number of nitrogens with zero attached hydrogens (tertiary/aromatic N) is 4. The zero-order chi connectivity index (χ0) is 19.0. The summed E-state index contributed by atoms with van der Waals surface area (Å²) < 4.78 is 1.28. The van der Waals surface area contributed by atoms with E-state index in [2.05, 4.69) is 15.2 Å². The minimum absolute atomic E-state index is 0.114. The number of aromatic hydroxyl groups is 1. The molecule has 0 atom stereocenters. The quantitative estimate of drug-likeness (QED) is 0.307. The van der Waals surface area contributed by atoms with Crippen LogP contribution in [0.5, 0.6) is 5.75 Å². The smallest absolute Gasteiger partial charge is 0.335 e. The molecule has 0 saturated heterocycles. The number of pyridine rings is 1. The van der Waals surface area contributed by atoms with E-state index in [4.69, 9.17) is 5.84 Å². The first kappa shape index (κ1) is 16.9. The topological polar surface area (TPSA) is 164 Å². The number of rotatable bonds is 4. The standard InChI is InChI=1S/C16H13N5O5/c1-7-13(22)11(5-18-17)12-6-21(20-14(12)19-7)10-3-8(15(23)24)2-9(4-10)16(25)26/h2-6,22H,17H2,1H3,(H,23,24)(H,25,26). The van der Waals surface area contributed by atoms with Crippen molar-refractivity contribution in [1.82, 2.24) is 14.8 Å². The Labute approximate surface area is 145 Å². The third-order valence-electron chi connectivity index (χ3n) is 3.74. The average molecular weight is 355 g/mol. The first-order valence-electron chi connectivity index (χ1n) is 7.26. The number of hydrazone groups is 1. The summed E-state index contributed by atoms with van der Waals surface area (Å²) in [6.45, 7) is 1.58. The van der Waals surface area contributed by atoms with E-state index in [0.29, 0.717) is 16.6 Å². The number of carboxylic acid groups (broad SMARTS) is 2. The summed E-state index contributed by atoms with van der Waals surface area (Å²) in [5.74, 6) is 2.52. The number of carboxylic acids is 2. The Morgan fingerprint density at radius 2 is 1.81 bits per heavy atom. The maximum atomic E-state index is 11.3. The van der Waals surface area contributed by atoms with Crippen LogP contribution in [0.15, 0.2) is 29.5 Å². The summed E-state index contributed by atoms with van der Waals surface area (Å²) in [5.41, 5.74) is 0.684. The van der Waals surface area contributed by atoms with Gasteiger partial charge in [0, 0.05) is 6.20 Å². The lowest BCUT2D eigenvalue weighted by Crippen LogP contribution is -2.06. The van der Waals surface area contributed by atoms with Gasteiger partial charge in [-0.25, -0.2) is 19.3 Å². The van der Waals surface area contributed by atoms with Gasteiger partial charge < -0.3 is 21.2 Å². The fraction of sp³-hybridized carbons (Fsp3) is 0.0625. The SMILES string of the molecule is Cc1nc2nn(-c3cc(C(=O)O)cc(C(=O)O)c3)cc2c(C=NN)c1O. The van der Waals surface area contributed by atoms with Crippen LogP contribution in [0.25, 0.3) is 16.7 Å². The number of aromatic carboxylic acids is 2. The summed E-state index contributed by atoms with van der Waals surface area (Å²) in [4.78, 5) is 26.7. The number of benzene rings is 1. The number of aromatic nitrogens is 3. The molecule has 3 rings (SSSR count). The molecule has 10 nitrogen and oxygen atoms in total. The van der Waals surface area contributed by atoms with Crippen LogP contribution in [0.3, 0.4) is 0 Å². The van der Waals surface area contributed by atoms with Crippen molar-refractivity contribution < 1.29 is 24.9 Å². The molecule has 3 aromatic rings. The number of carbonyl (C=O) groups is 2. The van der Waals surface area contributed by atoms with Crippen LogP contribution < -0.4 is 5.84 Å². The molecule has 0 amide bonds. The second-order valence-corrected chi connectivity index (χ2v) is 5.43. The molecule has 2 heterocycles. The van der Waals surface area contributed by atoms with Gasteiger partial charge in [0.15, 0.2) is 5.65 Å². The number of hydrogen-bond acceptors (Lipinski definition) is 7. The molecule has 0 fully saturated rings. The van der Waals surface area contributed by atoms with E-state index < -0.39 is 11.9 Å². The molecule has 0 aliphatic carbocycles. The van der Waals surface area contributed by atoms with Gasteiger partial charge in [0.2, 0.25) is 0 Å². The summed E-state index contributed by atoms with van der Waals surface area (Å²) in [7, 11) is 0. The highest BCUT2D eigenvalue weighted by Gasteiger charge is 2.17. The Hall–Kier alpha value is -3.95. The average Bonchev–Trinajstić information content (AvgIpc) is 3.02. The second kappa shape index (κ2) is 6.16. The summed E-state index contributed by atoms with van der Waals surface area (Å²) in [6.07, 6.45) is 2.72. The van der Waals surface area contributed by atoms with Gasteiger partial charge in [-0.15, -0.1) is 5.10 Å². The Morgan fingerprint density at radius 1 is 1.19 bits per heavy atom. The van der Waals surface area contributed by atoms with E-state index in [0.717, 1.165) is 6.07 Å². The lowest BCUT2D eigenvalue weighted by atomic mass is 10.1. The molecule has 0 saturated carbocycles. The van der Waals surface area contributed by atoms with Crippen molar-refractivity contribution in [2.24, 2.45) is 10.9 Å². The van der Waals surface area contributed by atoms with Gasteiger partial charge in [-0.1, -0.05) is 0 Å². The van der Waals surface area contributed by atoms with E-state index in [1.165, 1.54) is 29.2 Å². The summed E-state index contributed by atoms with van der Waals surface area (Å²) >= 11 is 0. The second-order valence-electron chi connectivity index (χ2n) is 5.43. The fourth-order valence-corrected chi connectivity index (χ4v) is 2.50. The van der Waals surface area contributed by atoms with Crippen molar-refractivity contribution in [3.05, 3.63) is 46.8 Å². The molecular formula is C16H13N5O5. The number of aryl methyl sites for hydroxylation is 1. The highest BCUT2D eigenvalue weighted by molar-refractivity contribution is 6.00. The number of nitrogens with two attached hydrogens (primary N) is 1. The fourth-order valence-electron chi connectivity index (χ4n) is 2.50. The Morgan fingerprint density at radius 3 is 2.35 bits per heavy atom. The van der Waals surface area contributed by atoms with Crippen molar-refractivity contribution in [2.75, 3.05) is 0 Å². The molecule has 5 N–H and O–H groups in total. The molecular weight excluding hydrogens is 342 g/mol. The molecule has 2 aromatic heterocycles. The third-order valence-corrected chi connectivity index (χ3v) is 3.74. The molecule has 0 aliphatic rings. The first-order chi connectivity index (χ1) is 12.3. The van der Waals surface area contributed by atoms with E-state index in [9.17, 15) is 24.9 Å². The van der Waals surface area contributed by atoms with Crippen molar-refractivity contribution in [3.63, 3.8) is 0 Å². The van der Waals surface area contributed by atoms with Crippen LogP contribution in [0.1, 0.15) is 32.0 Å². The minimum atomic E-state index is -1.27. The molecule has 132 valence electrons. The molecule has 10 heteroatoms. The highest BCUT2D eigenvalue weighted by Crippen LogP contribution is 2.27. The first-order valence-corrected chi connectivity index (χ1v) is 7.26. The predicted molar refractivity (Wildman–Crippen MR) is 91.0 cm³/mol. The molecule has 26 heavy (non-hydrogen) atoms. The van der Waals surface area contributed by atoms with Gasteiger partial charge in [0.25, 0.3) is 0 Å².